The van der Waals surface area contributed by atoms with Crippen LogP contribution in [0.15, 0.2) is 53.0 Å². The Labute approximate surface area is 135 Å². The highest BCUT2D eigenvalue weighted by molar-refractivity contribution is 9.10. The molecule has 0 aliphatic heterocycles. The Morgan fingerprint density at radius 2 is 1.71 bits per heavy atom. The molecule has 21 heavy (non-hydrogen) atoms. The lowest BCUT2D eigenvalue weighted by atomic mass is 10.1. The van der Waals surface area contributed by atoms with Crippen LogP contribution in [-0.4, -0.2) is 5.54 Å². The van der Waals surface area contributed by atoms with E-state index in [1.807, 2.05) is 24.3 Å². The fourth-order valence-corrected chi connectivity index (χ4v) is 2.12. The van der Waals surface area contributed by atoms with Crippen LogP contribution >= 0.6 is 15.9 Å². The third kappa shape index (κ3) is 5.90. The Hall–Kier alpha value is -1.32. The molecule has 112 valence electrons. The molecule has 0 aliphatic carbocycles. The molecule has 2 aromatic rings. The van der Waals surface area contributed by atoms with E-state index in [1.165, 1.54) is 5.56 Å². The van der Waals surface area contributed by atoms with Gasteiger partial charge in [-0.3, -0.25) is 0 Å². The highest BCUT2D eigenvalue weighted by Crippen LogP contribution is 2.17. The van der Waals surface area contributed by atoms with Gasteiger partial charge in [-0.1, -0.05) is 40.2 Å². The van der Waals surface area contributed by atoms with Crippen LogP contribution in [-0.2, 0) is 13.2 Å². The first kappa shape index (κ1) is 16.1. The van der Waals surface area contributed by atoms with Crippen molar-refractivity contribution in [1.29, 1.82) is 0 Å². The van der Waals surface area contributed by atoms with Gasteiger partial charge in [0.2, 0.25) is 0 Å². The average Bonchev–Trinajstić information content (AvgIpc) is 2.44. The number of nitrogens with one attached hydrogen (secondary N) is 1. The second-order valence-electron chi connectivity index (χ2n) is 6.17. The van der Waals surface area contributed by atoms with Crippen molar-refractivity contribution in [2.45, 2.75) is 39.5 Å². The van der Waals surface area contributed by atoms with Crippen LogP contribution < -0.4 is 10.1 Å². The van der Waals surface area contributed by atoms with Crippen LogP contribution in [0.4, 0.5) is 0 Å². The van der Waals surface area contributed by atoms with Gasteiger partial charge in [-0.25, -0.2) is 0 Å². The second-order valence-corrected chi connectivity index (χ2v) is 7.08. The van der Waals surface area contributed by atoms with Crippen LogP contribution in [0.3, 0.4) is 0 Å². The predicted octanol–water partition coefficient (Wildman–Crippen LogP) is 4.92. The minimum Gasteiger partial charge on any atom is -0.489 e. The number of rotatable bonds is 5. The zero-order chi connectivity index (χ0) is 15.3. The van der Waals surface area contributed by atoms with E-state index in [2.05, 4.69) is 66.3 Å². The molecule has 0 saturated carbocycles. The van der Waals surface area contributed by atoms with Gasteiger partial charge in [0.15, 0.2) is 0 Å². The van der Waals surface area contributed by atoms with Gasteiger partial charge in [0.05, 0.1) is 0 Å². The SMILES string of the molecule is CC(C)(C)NCc1cccc(OCc2ccc(Br)cc2)c1. The first-order chi connectivity index (χ1) is 9.92. The molecule has 0 amide bonds. The van der Waals surface area contributed by atoms with Crippen molar-refractivity contribution < 1.29 is 4.74 Å². The van der Waals surface area contributed by atoms with Crippen molar-refractivity contribution >= 4 is 15.9 Å². The van der Waals surface area contributed by atoms with Crippen molar-refractivity contribution in [2.24, 2.45) is 0 Å². The molecular formula is C18H22BrNO. The molecule has 0 heterocycles. The minimum absolute atomic E-state index is 0.119. The van der Waals surface area contributed by atoms with Crippen molar-refractivity contribution in [3.63, 3.8) is 0 Å². The molecule has 3 heteroatoms. The van der Waals surface area contributed by atoms with Gasteiger partial charge in [0, 0.05) is 16.6 Å². The second kappa shape index (κ2) is 7.10. The molecule has 0 atom stereocenters. The molecule has 0 spiro atoms. The smallest absolute Gasteiger partial charge is 0.120 e. The Balaban J connectivity index is 1.93. The lowest BCUT2D eigenvalue weighted by Gasteiger charge is -2.20. The van der Waals surface area contributed by atoms with Crippen molar-refractivity contribution in [3.05, 3.63) is 64.1 Å². The van der Waals surface area contributed by atoms with Crippen LogP contribution in [0.1, 0.15) is 31.9 Å². The van der Waals surface area contributed by atoms with E-state index in [0.29, 0.717) is 6.61 Å². The highest BCUT2D eigenvalue weighted by atomic mass is 79.9. The van der Waals surface area contributed by atoms with E-state index in [9.17, 15) is 0 Å². The standard InChI is InChI=1S/C18H22BrNO/c1-18(2,3)20-12-15-5-4-6-17(11-15)21-13-14-7-9-16(19)10-8-14/h4-11,20H,12-13H2,1-3H3. The average molecular weight is 348 g/mol. The summed E-state index contributed by atoms with van der Waals surface area (Å²) in [6.45, 7) is 7.94. The molecule has 0 fully saturated rings. The Kier molecular flexibility index (Phi) is 5.43. The number of hydrogen-bond acceptors (Lipinski definition) is 2. The summed E-state index contributed by atoms with van der Waals surface area (Å²) >= 11 is 3.44. The fraction of sp³-hybridized carbons (Fsp3) is 0.333. The molecule has 2 rings (SSSR count). The largest absolute Gasteiger partial charge is 0.489 e. The fourth-order valence-electron chi connectivity index (χ4n) is 1.86. The maximum absolute atomic E-state index is 5.86. The summed E-state index contributed by atoms with van der Waals surface area (Å²) in [4.78, 5) is 0. The Morgan fingerprint density at radius 3 is 2.38 bits per heavy atom. The van der Waals surface area contributed by atoms with Crippen LogP contribution in [0, 0.1) is 0 Å². The quantitative estimate of drug-likeness (QED) is 0.828. The molecular weight excluding hydrogens is 326 g/mol. The maximum Gasteiger partial charge on any atom is 0.120 e. The van der Waals surface area contributed by atoms with Crippen molar-refractivity contribution in [2.75, 3.05) is 0 Å². The summed E-state index contributed by atoms with van der Waals surface area (Å²) in [5, 5.41) is 3.48. The molecule has 2 nitrogen and oxygen atoms in total. The number of ether oxygens (including phenoxy) is 1. The van der Waals surface area contributed by atoms with Gasteiger partial charge in [-0.2, -0.15) is 0 Å². The first-order valence-electron chi connectivity index (χ1n) is 7.14. The van der Waals surface area contributed by atoms with E-state index in [1.54, 1.807) is 0 Å². The summed E-state index contributed by atoms with van der Waals surface area (Å²) in [5.41, 5.74) is 2.52. The van der Waals surface area contributed by atoms with E-state index >= 15 is 0 Å². The molecule has 1 N–H and O–H groups in total. The van der Waals surface area contributed by atoms with Crippen molar-refractivity contribution in [1.82, 2.24) is 5.32 Å². The molecule has 0 bridgehead atoms. The number of hydrogen-bond donors (Lipinski definition) is 1. The molecule has 0 aromatic heterocycles. The monoisotopic (exact) mass is 347 g/mol. The zero-order valence-corrected chi connectivity index (χ0v) is 14.4. The van der Waals surface area contributed by atoms with E-state index < -0.39 is 0 Å². The van der Waals surface area contributed by atoms with Gasteiger partial charge < -0.3 is 10.1 Å². The highest BCUT2D eigenvalue weighted by Gasteiger charge is 2.08. The lowest BCUT2D eigenvalue weighted by molar-refractivity contribution is 0.305. The summed E-state index contributed by atoms with van der Waals surface area (Å²) in [5.74, 6) is 0.908. The van der Waals surface area contributed by atoms with E-state index in [4.69, 9.17) is 4.74 Å². The summed E-state index contributed by atoms with van der Waals surface area (Å²) in [6, 6.07) is 16.4. The van der Waals surface area contributed by atoms with Crippen LogP contribution in [0.5, 0.6) is 5.75 Å². The van der Waals surface area contributed by atoms with Gasteiger partial charge in [0.1, 0.15) is 12.4 Å². The van der Waals surface area contributed by atoms with Gasteiger partial charge in [-0.15, -0.1) is 0 Å². The Morgan fingerprint density at radius 1 is 1.00 bits per heavy atom. The summed E-state index contributed by atoms with van der Waals surface area (Å²) < 4.78 is 6.95. The zero-order valence-electron chi connectivity index (χ0n) is 12.8. The minimum atomic E-state index is 0.119. The topological polar surface area (TPSA) is 21.3 Å². The van der Waals surface area contributed by atoms with Crippen LogP contribution in [0.25, 0.3) is 0 Å². The summed E-state index contributed by atoms with van der Waals surface area (Å²) in [7, 11) is 0. The summed E-state index contributed by atoms with van der Waals surface area (Å²) in [6.07, 6.45) is 0. The molecule has 0 radical (unpaired) electrons. The lowest BCUT2D eigenvalue weighted by Crippen LogP contribution is -2.35. The van der Waals surface area contributed by atoms with Crippen molar-refractivity contribution in [3.8, 4) is 5.75 Å². The van der Waals surface area contributed by atoms with Gasteiger partial charge >= 0.3 is 0 Å². The third-order valence-electron chi connectivity index (χ3n) is 3.04. The molecule has 0 saturated heterocycles. The molecule has 0 aliphatic rings. The predicted molar refractivity (Wildman–Crippen MR) is 91.5 cm³/mol. The van der Waals surface area contributed by atoms with Gasteiger partial charge in [-0.05, 0) is 56.2 Å². The Bertz CT molecular complexity index is 573. The van der Waals surface area contributed by atoms with E-state index in [0.717, 1.165) is 22.3 Å². The molecule has 0 unspecified atom stereocenters. The first-order valence-corrected chi connectivity index (χ1v) is 7.93. The molecule has 2 aromatic carbocycles. The van der Waals surface area contributed by atoms with E-state index in [-0.39, 0.29) is 5.54 Å². The number of halogens is 1. The maximum atomic E-state index is 5.86. The van der Waals surface area contributed by atoms with Gasteiger partial charge in [0.25, 0.3) is 0 Å². The van der Waals surface area contributed by atoms with Crippen LogP contribution in [0.2, 0.25) is 0 Å². The number of benzene rings is 2. The third-order valence-corrected chi connectivity index (χ3v) is 3.57. The normalized spacial score (nSPS) is 11.4.